The number of hydrogen-bond acceptors (Lipinski definition) is 2. The van der Waals surface area contributed by atoms with Crippen molar-refractivity contribution in [2.24, 2.45) is 5.73 Å². The summed E-state index contributed by atoms with van der Waals surface area (Å²) in [6.07, 6.45) is 1.95. The molecule has 4 nitrogen and oxygen atoms in total. The zero-order valence-corrected chi connectivity index (χ0v) is 6.86. The molecule has 0 aliphatic carbocycles. The van der Waals surface area contributed by atoms with Crippen LogP contribution in [0.4, 0.5) is 0 Å². The van der Waals surface area contributed by atoms with Crippen LogP contribution in [0.2, 0.25) is 0 Å². The smallest absolute Gasteiger partial charge is 0.234 e. The van der Waals surface area contributed by atoms with Crippen LogP contribution < -0.4 is 10.6 Å². The second-order valence-corrected chi connectivity index (χ2v) is 2.38. The topological polar surface area (TPSA) is 72.2 Å². The molecule has 0 saturated carbocycles. The van der Waals surface area contributed by atoms with Gasteiger partial charge in [0.15, 0.2) is 0 Å². The van der Waals surface area contributed by atoms with Gasteiger partial charge >= 0.3 is 0 Å². The van der Waals surface area contributed by atoms with Gasteiger partial charge in [-0.3, -0.25) is 14.4 Å². The van der Waals surface area contributed by atoms with Crippen molar-refractivity contribution in [3.63, 3.8) is 0 Å². The van der Waals surface area contributed by atoms with Crippen molar-refractivity contribution in [1.29, 1.82) is 0 Å². The number of nitrogens with one attached hydrogen (secondary N) is 1. The molecule has 3 N–H and O–H groups in total. The van der Waals surface area contributed by atoms with E-state index in [1.165, 1.54) is 0 Å². The van der Waals surface area contributed by atoms with Gasteiger partial charge in [-0.1, -0.05) is 0 Å². The maximum atomic E-state index is 10.5. The zero-order valence-electron chi connectivity index (χ0n) is 6.10. The van der Waals surface area contributed by atoms with Gasteiger partial charge in [-0.25, -0.2) is 0 Å². The van der Waals surface area contributed by atoms with Gasteiger partial charge in [0.2, 0.25) is 11.8 Å². The van der Waals surface area contributed by atoms with E-state index in [4.69, 9.17) is 17.5 Å². The van der Waals surface area contributed by atoms with Gasteiger partial charge < -0.3 is 5.73 Å². The third-order valence-corrected chi connectivity index (χ3v) is 1.39. The molecule has 2 amide bonds. The minimum Gasteiger partial charge on any atom is -0.370 e. The first-order chi connectivity index (χ1) is 5.16. The highest BCUT2D eigenvalue weighted by atomic mass is 35.5. The Morgan fingerprint density at radius 3 is 2.27 bits per heavy atom. The Morgan fingerprint density at radius 2 is 1.82 bits per heavy atom. The number of amides is 2. The van der Waals surface area contributed by atoms with Crippen LogP contribution >= 0.6 is 11.8 Å². The molecule has 0 aromatic heterocycles. The van der Waals surface area contributed by atoms with Crippen LogP contribution in [-0.4, -0.2) is 11.8 Å². The number of halogens is 1. The van der Waals surface area contributed by atoms with Crippen molar-refractivity contribution < 1.29 is 9.59 Å². The average Bonchev–Trinajstić information content (AvgIpc) is 1.97. The second kappa shape index (κ2) is 5.97. The normalized spacial score (nSPS) is 9.18. The lowest BCUT2D eigenvalue weighted by Crippen LogP contribution is -2.13. The van der Waals surface area contributed by atoms with E-state index in [0.29, 0.717) is 25.7 Å². The third-order valence-electron chi connectivity index (χ3n) is 1.18. The van der Waals surface area contributed by atoms with Crippen molar-refractivity contribution in [2.45, 2.75) is 25.7 Å². The van der Waals surface area contributed by atoms with Crippen LogP contribution in [0, 0.1) is 0 Å². The summed E-state index contributed by atoms with van der Waals surface area (Å²) in [5.74, 6) is -0.563. The van der Waals surface area contributed by atoms with E-state index in [9.17, 15) is 9.59 Å². The number of unbranched alkanes of at least 4 members (excludes halogenated alkanes) is 1. The molecule has 0 spiro atoms. The lowest BCUT2D eigenvalue weighted by Gasteiger charge is -1.96. The molecule has 0 aliphatic rings. The number of hydrogen-bond donors (Lipinski definition) is 2. The summed E-state index contributed by atoms with van der Waals surface area (Å²) in [4.78, 5) is 22.7. The molecule has 0 radical (unpaired) electrons. The van der Waals surface area contributed by atoms with E-state index in [2.05, 4.69) is 0 Å². The van der Waals surface area contributed by atoms with Crippen LogP contribution in [-0.2, 0) is 9.59 Å². The van der Waals surface area contributed by atoms with Crippen LogP contribution in [0.3, 0.4) is 0 Å². The average molecular weight is 179 g/mol. The summed E-state index contributed by atoms with van der Waals surface area (Å²) in [6.45, 7) is 0. The highest BCUT2D eigenvalue weighted by Crippen LogP contribution is 1.98. The van der Waals surface area contributed by atoms with Crippen molar-refractivity contribution >= 4 is 23.6 Å². The van der Waals surface area contributed by atoms with Gasteiger partial charge in [0.25, 0.3) is 0 Å². The number of carbonyl (C=O) groups excluding carboxylic acids is 2. The Hall–Kier alpha value is -0.770. The van der Waals surface area contributed by atoms with E-state index in [-0.39, 0.29) is 11.8 Å². The maximum absolute atomic E-state index is 10.5. The minimum atomic E-state index is -0.337. The minimum absolute atomic E-state index is 0.226. The first-order valence-corrected chi connectivity index (χ1v) is 3.72. The summed E-state index contributed by atoms with van der Waals surface area (Å²) >= 11 is 5.00. The first-order valence-electron chi connectivity index (χ1n) is 3.34. The van der Waals surface area contributed by atoms with Gasteiger partial charge in [0.05, 0.1) is 0 Å². The van der Waals surface area contributed by atoms with Gasteiger partial charge in [-0.15, -0.1) is 0 Å². The fourth-order valence-corrected chi connectivity index (χ4v) is 0.727. The van der Waals surface area contributed by atoms with Gasteiger partial charge in [-0.05, 0) is 12.8 Å². The molecule has 0 atom stereocenters. The fourth-order valence-electron chi connectivity index (χ4n) is 0.632. The highest BCUT2D eigenvalue weighted by Gasteiger charge is 1.99. The van der Waals surface area contributed by atoms with Gasteiger partial charge in [0.1, 0.15) is 0 Å². The molecule has 0 aromatic rings. The van der Waals surface area contributed by atoms with E-state index in [1.54, 1.807) is 0 Å². The van der Waals surface area contributed by atoms with Crippen molar-refractivity contribution in [1.82, 2.24) is 4.84 Å². The molecule has 0 heterocycles. The van der Waals surface area contributed by atoms with Gasteiger partial charge in [0, 0.05) is 24.6 Å². The molecule has 64 valence electrons. The largest absolute Gasteiger partial charge is 0.370 e. The Kier molecular flexibility index (Phi) is 5.56. The summed E-state index contributed by atoms with van der Waals surface area (Å²) in [6, 6.07) is 0. The Bertz CT molecular complexity index is 150. The van der Waals surface area contributed by atoms with Crippen LogP contribution in [0.15, 0.2) is 0 Å². The van der Waals surface area contributed by atoms with Crippen LogP contribution in [0.25, 0.3) is 0 Å². The predicted molar refractivity (Wildman–Crippen MR) is 41.7 cm³/mol. The number of primary amides is 1. The number of nitrogens with two attached hydrogens (primary N) is 1. The molecule has 5 heteroatoms. The summed E-state index contributed by atoms with van der Waals surface area (Å²) in [5, 5.41) is 0. The summed E-state index contributed by atoms with van der Waals surface area (Å²) in [7, 11) is 0. The quantitative estimate of drug-likeness (QED) is 0.470. The van der Waals surface area contributed by atoms with E-state index in [1.807, 2.05) is 4.84 Å². The van der Waals surface area contributed by atoms with Crippen LogP contribution in [0.1, 0.15) is 25.7 Å². The molecule has 0 fully saturated rings. The Morgan fingerprint density at radius 1 is 1.27 bits per heavy atom. The van der Waals surface area contributed by atoms with Crippen molar-refractivity contribution in [3.05, 3.63) is 0 Å². The third kappa shape index (κ3) is 7.12. The zero-order chi connectivity index (χ0) is 8.69. The lowest BCUT2D eigenvalue weighted by atomic mass is 10.2. The number of carbonyl (C=O) groups is 2. The second-order valence-electron chi connectivity index (χ2n) is 2.19. The standard InChI is InChI=1S/C6H11ClN2O2/c7-9-6(11)4-2-1-3-5(8)10/h1-4H2,(H2,8,10)(H,9,11). The summed E-state index contributed by atoms with van der Waals surface area (Å²) < 4.78 is 0. The van der Waals surface area contributed by atoms with Crippen molar-refractivity contribution in [2.75, 3.05) is 0 Å². The molecular weight excluding hydrogens is 168 g/mol. The molecular formula is C6H11ClN2O2. The highest BCUT2D eigenvalue weighted by molar-refractivity contribution is 6.21. The molecule has 0 saturated heterocycles. The Labute approximate surface area is 70.2 Å². The van der Waals surface area contributed by atoms with Crippen molar-refractivity contribution in [3.8, 4) is 0 Å². The molecule has 0 aromatic carbocycles. The Balaban J connectivity index is 3.14. The van der Waals surface area contributed by atoms with E-state index >= 15 is 0 Å². The molecule has 0 unspecified atom stereocenters. The molecule has 0 aliphatic heterocycles. The molecule has 0 bridgehead atoms. The molecule has 0 rings (SSSR count). The lowest BCUT2D eigenvalue weighted by molar-refractivity contribution is -0.120. The molecule has 11 heavy (non-hydrogen) atoms. The maximum Gasteiger partial charge on any atom is 0.234 e. The summed E-state index contributed by atoms with van der Waals surface area (Å²) in [5.41, 5.74) is 4.88. The monoisotopic (exact) mass is 178 g/mol. The fraction of sp³-hybridized carbons (Fsp3) is 0.667. The van der Waals surface area contributed by atoms with Crippen LogP contribution in [0.5, 0.6) is 0 Å². The van der Waals surface area contributed by atoms with Gasteiger partial charge in [-0.2, -0.15) is 0 Å². The number of rotatable bonds is 5. The SMILES string of the molecule is NC(=O)CCCCC(=O)NCl. The van der Waals surface area contributed by atoms with E-state index in [0.717, 1.165) is 0 Å². The van der Waals surface area contributed by atoms with E-state index < -0.39 is 0 Å². The predicted octanol–water partition coefficient (Wildman–Crippen LogP) is 0.302. The first kappa shape index (κ1) is 10.2.